The number of benzene rings is 1. The highest BCUT2D eigenvalue weighted by molar-refractivity contribution is 7.14. The van der Waals surface area contributed by atoms with Crippen molar-refractivity contribution in [3.8, 4) is 22.9 Å². The first-order valence-electron chi connectivity index (χ1n) is 18.0. The number of pyridine rings is 1. The van der Waals surface area contributed by atoms with Crippen LogP contribution in [0.25, 0.3) is 22.3 Å². The van der Waals surface area contributed by atoms with Crippen molar-refractivity contribution in [3.63, 3.8) is 0 Å². The number of hydrogen-bond acceptors (Lipinski definition) is 12. The van der Waals surface area contributed by atoms with Crippen LogP contribution in [0.4, 0.5) is 9.93 Å². The van der Waals surface area contributed by atoms with Crippen molar-refractivity contribution in [3.05, 3.63) is 42.3 Å². The number of ether oxygens (including phenoxy) is 4. The van der Waals surface area contributed by atoms with Crippen LogP contribution in [0.3, 0.4) is 0 Å². The average Bonchev–Trinajstić information content (AvgIpc) is 3.36. The molecule has 3 amide bonds. The Kier molecular flexibility index (Phi) is 11.5. The molecule has 2 aliphatic rings. The summed E-state index contributed by atoms with van der Waals surface area (Å²) < 4.78 is 22.8. The van der Waals surface area contributed by atoms with Crippen LogP contribution in [0.1, 0.15) is 68.2 Å². The van der Waals surface area contributed by atoms with E-state index in [9.17, 15) is 19.2 Å². The van der Waals surface area contributed by atoms with Gasteiger partial charge in [0, 0.05) is 41.3 Å². The Labute approximate surface area is 320 Å². The number of esters is 1. The Hall–Kier alpha value is -4.92. The summed E-state index contributed by atoms with van der Waals surface area (Å²) in [5.74, 6) is -0.892. The van der Waals surface area contributed by atoms with Gasteiger partial charge in [0.2, 0.25) is 11.8 Å². The Balaban J connectivity index is 1.52. The van der Waals surface area contributed by atoms with Crippen molar-refractivity contribution in [2.45, 2.75) is 104 Å². The first-order valence-corrected chi connectivity index (χ1v) is 18.9. The molecule has 0 bridgehead atoms. The maximum absolute atomic E-state index is 14.6. The minimum Gasteiger partial charge on any atom is -0.497 e. The number of fused-ring (bicyclic) bond motifs is 1. The van der Waals surface area contributed by atoms with Gasteiger partial charge in [0.1, 0.15) is 46.5 Å². The van der Waals surface area contributed by atoms with E-state index in [2.05, 4.69) is 22.5 Å². The number of nitrogens with zero attached hydrogens (tertiary/aromatic N) is 3. The lowest BCUT2D eigenvalue weighted by atomic mass is 9.85. The summed E-state index contributed by atoms with van der Waals surface area (Å²) in [5, 5.41) is 12.3. The van der Waals surface area contributed by atoms with E-state index in [0.717, 1.165) is 5.13 Å². The van der Waals surface area contributed by atoms with Crippen LogP contribution in [0.15, 0.2) is 42.3 Å². The van der Waals surface area contributed by atoms with Gasteiger partial charge in [-0.3, -0.25) is 9.59 Å². The molecule has 3 aromatic rings. The fraction of sp³-hybridized carbons (Fsp3) is 0.538. The van der Waals surface area contributed by atoms with E-state index in [1.807, 2.05) is 46.1 Å². The van der Waals surface area contributed by atoms with Crippen LogP contribution >= 0.6 is 11.3 Å². The molecule has 3 heterocycles. The van der Waals surface area contributed by atoms with Gasteiger partial charge in [0.05, 0.1) is 32.0 Å². The molecule has 5 rings (SSSR count). The molecule has 2 aromatic heterocycles. The third-order valence-electron chi connectivity index (χ3n) is 9.27. The zero-order valence-electron chi connectivity index (χ0n) is 32.7. The van der Waals surface area contributed by atoms with Gasteiger partial charge in [0.15, 0.2) is 5.13 Å². The molecule has 15 heteroatoms. The Morgan fingerprint density at radius 2 is 1.78 bits per heavy atom. The van der Waals surface area contributed by atoms with E-state index >= 15 is 0 Å². The van der Waals surface area contributed by atoms with Gasteiger partial charge in [-0.15, -0.1) is 17.9 Å². The van der Waals surface area contributed by atoms with E-state index in [4.69, 9.17) is 28.9 Å². The molecule has 5 atom stereocenters. The molecule has 0 radical (unpaired) electrons. The predicted molar refractivity (Wildman–Crippen MR) is 207 cm³/mol. The minimum atomic E-state index is -1.29. The van der Waals surface area contributed by atoms with Gasteiger partial charge in [-0.25, -0.2) is 19.6 Å². The molecule has 1 aliphatic carbocycles. The average molecular weight is 765 g/mol. The van der Waals surface area contributed by atoms with E-state index in [1.54, 1.807) is 52.2 Å². The monoisotopic (exact) mass is 764 g/mol. The highest BCUT2D eigenvalue weighted by Gasteiger charge is 2.62. The van der Waals surface area contributed by atoms with Crippen molar-refractivity contribution < 1.29 is 38.1 Å². The highest BCUT2D eigenvalue weighted by atomic mass is 32.1. The Morgan fingerprint density at radius 3 is 2.37 bits per heavy atom. The zero-order chi connectivity index (χ0) is 39.7. The molecule has 3 N–H and O–H groups in total. The number of rotatable bonds is 12. The van der Waals surface area contributed by atoms with Crippen molar-refractivity contribution in [1.82, 2.24) is 25.5 Å². The number of carbonyl (C=O) groups excluding carboxylic acids is 4. The Bertz CT molecular complexity index is 1920. The van der Waals surface area contributed by atoms with Crippen molar-refractivity contribution in [1.29, 1.82) is 0 Å². The number of likely N-dealkylation sites (tertiary alicyclic amines) is 1. The second-order valence-corrected chi connectivity index (χ2v) is 17.0. The van der Waals surface area contributed by atoms with Crippen molar-refractivity contribution in [2.75, 3.05) is 26.1 Å². The molecule has 14 nitrogen and oxygen atoms in total. The first-order chi connectivity index (χ1) is 25.3. The second-order valence-electron chi connectivity index (χ2n) is 16.2. The summed E-state index contributed by atoms with van der Waals surface area (Å²) in [4.78, 5) is 65.8. The number of amides is 3. The fourth-order valence-electron chi connectivity index (χ4n) is 6.52. The van der Waals surface area contributed by atoms with Crippen LogP contribution in [0.2, 0.25) is 0 Å². The number of carbonyl (C=O) groups is 4. The van der Waals surface area contributed by atoms with Crippen molar-refractivity contribution in [2.24, 2.45) is 11.3 Å². The van der Waals surface area contributed by atoms with Crippen LogP contribution in [-0.2, 0) is 23.9 Å². The molecule has 1 saturated heterocycles. The molecule has 1 saturated carbocycles. The maximum atomic E-state index is 14.6. The van der Waals surface area contributed by atoms with Crippen molar-refractivity contribution >= 4 is 51.2 Å². The van der Waals surface area contributed by atoms with Crippen LogP contribution in [-0.4, -0.2) is 94.9 Å². The van der Waals surface area contributed by atoms with Gasteiger partial charge >= 0.3 is 12.1 Å². The molecule has 5 unspecified atom stereocenters. The molecule has 54 heavy (non-hydrogen) atoms. The summed E-state index contributed by atoms with van der Waals surface area (Å²) in [6.45, 7) is 18.5. The summed E-state index contributed by atoms with van der Waals surface area (Å²) in [6.07, 6.45) is 0.572. The topological polar surface area (TPSA) is 170 Å². The van der Waals surface area contributed by atoms with Gasteiger partial charge < -0.3 is 39.8 Å². The molecular formula is C39H52N6O8S. The predicted octanol–water partition coefficient (Wildman–Crippen LogP) is 5.71. The number of aromatic nitrogens is 2. The molecule has 0 spiro atoms. The first kappa shape index (κ1) is 40.3. The SMILES string of the molecule is C=CC1CC1(NC(=O)C1CC(Oc2cc(-c3csc(NC(C)C)n3)nc3cc(OC)ccc23)CN1C(=O)C(NC(=O)OC(C)(C)C)C(C)(C)C)C(=O)OC. The molecular weight excluding hydrogens is 713 g/mol. The number of nitrogens with one attached hydrogen (secondary N) is 3. The molecule has 2 fully saturated rings. The summed E-state index contributed by atoms with van der Waals surface area (Å²) >= 11 is 1.46. The number of anilines is 1. The minimum absolute atomic E-state index is 0.00404. The summed E-state index contributed by atoms with van der Waals surface area (Å²) in [7, 11) is 2.84. The molecule has 292 valence electrons. The van der Waals surface area contributed by atoms with Gasteiger partial charge in [-0.05, 0) is 58.6 Å². The largest absolute Gasteiger partial charge is 0.497 e. The number of thiazole rings is 1. The smallest absolute Gasteiger partial charge is 0.408 e. The highest BCUT2D eigenvalue weighted by Crippen LogP contribution is 2.46. The van der Waals surface area contributed by atoms with E-state index in [-0.39, 0.29) is 24.9 Å². The zero-order valence-corrected chi connectivity index (χ0v) is 33.5. The lowest BCUT2D eigenvalue weighted by Gasteiger charge is -2.36. The standard InChI is InChI=1S/C39H52N6O8S/c1-12-22-18-39(22,34(48)51-11)44-32(46)29-16-24(19-45(29)33(47)31(37(4,5)6)43-36(49)53-38(7,8)9)52-30-17-27(28-20-54-35(42-28)40-21(2)3)41-26-15-23(50-10)13-14-25(26)30/h12-15,17,20-22,24,29,31H,1,16,18-19H2,2-11H3,(H,40,42)(H,43,49)(H,44,46). The quantitative estimate of drug-likeness (QED) is 0.153. The van der Waals surface area contributed by atoms with E-state index < -0.39 is 58.6 Å². The normalized spacial score (nSPS) is 21.6. The maximum Gasteiger partial charge on any atom is 0.408 e. The van der Waals surface area contributed by atoms with Crippen LogP contribution in [0, 0.1) is 11.3 Å². The van der Waals surface area contributed by atoms with Gasteiger partial charge in [0.25, 0.3) is 0 Å². The third kappa shape index (κ3) is 8.88. The second kappa shape index (κ2) is 15.4. The Morgan fingerprint density at radius 1 is 1.06 bits per heavy atom. The summed E-state index contributed by atoms with van der Waals surface area (Å²) in [6, 6.07) is 5.32. The van der Waals surface area contributed by atoms with Gasteiger partial charge in [-0.1, -0.05) is 26.8 Å². The van der Waals surface area contributed by atoms with Crippen LogP contribution < -0.4 is 25.4 Å². The molecule has 1 aliphatic heterocycles. The lowest BCUT2D eigenvalue weighted by Crippen LogP contribution is -2.59. The number of alkyl carbamates (subject to hydrolysis) is 1. The van der Waals surface area contributed by atoms with E-state index in [0.29, 0.717) is 40.2 Å². The summed E-state index contributed by atoms with van der Waals surface area (Å²) in [5.41, 5.74) is -1.05. The van der Waals surface area contributed by atoms with E-state index in [1.165, 1.54) is 23.3 Å². The van der Waals surface area contributed by atoms with Gasteiger partial charge in [-0.2, -0.15) is 0 Å². The number of hydrogen-bond donors (Lipinski definition) is 3. The fourth-order valence-corrected chi connectivity index (χ4v) is 7.37. The molecule has 1 aromatic carbocycles. The van der Waals surface area contributed by atoms with Crippen LogP contribution in [0.5, 0.6) is 11.5 Å². The number of methoxy groups -OCH3 is 2. The third-order valence-corrected chi connectivity index (χ3v) is 10.0. The lowest BCUT2D eigenvalue weighted by molar-refractivity contribution is -0.148.